The van der Waals surface area contributed by atoms with Crippen molar-refractivity contribution in [1.29, 1.82) is 0 Å². The summed E-state index contributed by atoms with van der Waals surface area (Å²) < 4.78 is 0. The average molecular weight is 273 g/mol. The van der Waals surface area contributed by atoms with E-state index in [1.807, 2.05) is 23.1 Å². The summed E-state index contributed by atoms with van der Waals surface area (Å²) in [6.45, 7) is 1.38. The Kier molecular flexibility index (Phi) is 3.67. The number of carbonyl (C=O) groups is 2. The molecule has 2 fully saturated rings. The van der Waals surface area contributed by atoms with Gasteiger partial charge in [0.05, 0.1) is 6.42 Å². The van der Waals surface area contributed by atoms with Gasteiger partial charge < -0.3 is 10.2 Å². The van der Waals surface area contributed by atoms with Crippen LogP contribution >= 0.6 is 0 Å². The number of amides is 2. The number of rotatable bonds is 5. The molecule has 2 amide bonds. The number of carbonyl (C=O) groups excluding carboxylic acids is 2. The molecule has 0 unspecified atom stereocenters. The average Bonchev–Trinajstić information content (AvgIpc) is 3.21. The first-order valence-corrected chi connectivity index (χ1v) is 7.18. The lowest BCUT2D eigenvalue weighted by Gasteiger charge is -2.15. The number of nitrogens with one attached hydrogen (secondary N) is 1. The van der Waals surface area contributed by atoms with Gasteiger partial charge in [0.2, 0.25) is 11.8 Å². The van der Waals surface area contributed by atoms with Crippen molar-refractivity contribution in [3.63, 3.8) is 0 Å². The molecule has 0 radical (unpaired) electrons. The molecule has 0 aromatic carbocycles. The van der Waals surface area contributed by atoms with Crippen LogP contribution in [0.4, 0.5) is 0 Å². The van der Waals surface area contributed by atoms with Crippen LogP contribution < -0.4 is 5.32 Å². The van der Waals surface area contributed by atoms with Crippen molar-refractivity contribution in [3.05, 3.63) is 30.1 Å². The Labute approximate surface area is 118 Å². The van der Waals surface area contributed by atoms with Crippen LogP contribution in [-0.2, 0) is 16.0 Å². The van der Waals surface area contributed by atoms with E-state index in [-0.39, 0.29) is 17.7 Å². The molecule has 2 heterocycles. The smallest absolute Gasteiger partial charge is 0.226 e. The van der Waals surface area contributed by atoms with Crippen molar-refractivity contribution < 1.29 is 9.59 Å². The van der Waals surface area contributed by atoms with E-state index in [9.17, 15) is 9.59 Å². The molecule has 1 aliphatic carbocycles. The standard InChI is InChI=1S/C15H19N3O2/c19-14(8-12-3-1-2-6-16-12)17-9-11-7-15(20)18(10-11)13-4-5-13/h1-3,6,11,13H,4-5,7-10H2,(H,17,19)/t11-/m0/s1. The van der Waals surface area contributed by atoms with E-state index in [2.05, 4.69) is 10.3 Å². The fraction of sp³-hybridized carbons (Fsp3) is 0.533. The van der Waals surface area contributed by atoms with Crippen molar-refractivity contribution >= 4 is 11.8 Å². The van der Waals surface area contributed by atoms with Crippen LogP contribution in [0, 0.1) is 5.92 Å². The van der Waals surface area contributed by atoms with Crippen LogP contribution in [0.3, 0.4) is 0 Å². The van der Waals surface area contributed by atoms with Crippen LogP contribution in [0.2, 0.25) is 0 Å². The molecule has 3 rings (SSSR count). The fourth-order valence-corrected chi connectivity index (χ4v) is 2.67. The van der Waals surface area contributed by atoms with Gasteiger partial charge in [-0.15, -0.1) is 0 Å². The highest BCUT2D eigenvalue weighted by molar-refractivity contribution is 5.80. The molecule has 1 saturated carbocycles. The monoisotopic (exact) mass is 273 g/mol. The highest BCUT2D eigenvalue weighted by Crippen LogP contribution is 2.32. The zero-order valence-corrected chi connectivity index (χ0v) is 11.4. The second-order valence-corrected chi connectivity index (χ2v) is 5.65. The highest BCUT2D eigenvalue weighted by Gasteiger charge is 2.39. The molecule has 106 valence electrons. The van der Waals surface area contributed by atoms with Gasteiger partial charge in [-0.25, -0.2) is 0 Å². The maximum atomic E-state index is 11.8. The van der Waals surface area contributed by atoms with E-state index in [0.717, 1.165) is 25.1 Å². The van der Waals surface area contributed by atoms with Gasteiger partial charge in [-0.05, 0) is 25.0 Å². The number of pyridine rings is 1. The van der Waals surface area contributed by atoms with Gasteiger partial charge in [0.25, 0.3) is 0 Å². The van der Waals surface area contributed by atoms with E-state index in [1.54, 1.807) is 6.20 Å². The molecule has 5 heteroatoms. The van der Waals surface area contributed by atoms with Crippen molar-refractivity contribution in [2.75, 3.05) is 13.1 Å². The number of nitrogens with zero attached hydrogens (tertiary/aromatic N) is 2. The van der Waals surface area contributed by atoms with E-state index in [1.165, 1.54) is 0 Å². The number of hydrogen-bond acceptors (Lipinski definition) is 3. The first kappa shape index (κ1) is 13.1. The van der Waals surface area contributed by atoms with Crippen LogP contribution in [0.15, 0.2) is 24.4 Å². The zero-order chi connectivity index (χ0) is 13.9. The second-order valence-electron chi connectivity index (χ2n) is 5.65. The van der Waals surface area contributed by atoms with Gasteiger partial charge in [-0.2, -0.15) is 0 Å². The van der Waals surface area contributed by atoms with Gasteiger partial charge in [0, 0.05) is 43.4 Å². The predicted molar refractivity (Wildman–Crippen MR) is 73.8 cm³/mol. The summed E-state index contributed by atoms with van der Waals surface area (Å²) >= 11 is 0. The van der Waals surface area contributed by atoms with Crippen LogP contribution in [0.1, 0.15) is 25.0 Å². The molecule has 2 aliphatic rings. The van der Waals surface area contributed by atoms with Crippen molar-refractivity contribution in [1.82, 2.24) is 15.2 Å². The third-order valence-corrected chi connectivity index (χ3v) is 3.88. The molecule has 1 atom stereocenters. The molecule has 1 aliphatic heterocycles. The van der Waals surface area contributed by atoms with E-state index in [4.69, 9.17) is 0 Å². The topological polar surface area (TPSA) is 62.3 Å². The molecule has 20 heavy (non-hydrogen) atoms. The van der Waals surface area contributed by atoms with Crippen LogP contribution in [0.25, 0.3) is 0 Å². The third kappa shape index (κ3) is 3.15. The van der Waals surface area contributed by atoms with Crippen LogP contribution in [0.5, 0.6) is 0 Å². The molecule has 0 spiro atoms. The maximum Gasteiger partial charge on any atom is 0.226 e. The van der Waals surface area contributed by atoms with E-state index in [0.29, 0.717) is 25.4 Å². The Morgan fingerprint density at radius 1 is 1.40 bits per heavy atom. The third-order valence-electron chi connectivity index (χ3n) is 3.88. The Bertz CT molecular complexity index is 499. The number of likely N-dealkylation sites (tertiary alicyclic amines) is 1. The van der Waals surface area contributed by atoms with Crippen molar-refractivity contribution in [2.45, 2.75) is 31.7 Å². The largest absolute Gasteiger partial charge is 0.355 e. The predicted octanol–water partition coefficient (Wildman–Crippen LogP) is 0.751. The Balaban J connectivity index is 1.43. The fourth-order valence-electron chi connectivity index (χ4n) is 2.67. The summed E-state index contributed by atoms with van der Waals surface area (Å²) in [7, 11) is 0. The summed E-state index contributed by atoms with van der Waals surface area (Å²) in [4.78, 5) is 29.7. The van der Waals surface area contributed by atoms with Gasteiger partial charge in [0.15, 0.2) is 0 Å². The minimum Gasteiger partial charge on any atom is -0.355 e. The first-order chi connectivity index (χ1) is 9.72. The minimum atomic E-state index is -0.0268. The second kappa shape index (κ2) is 5.61. The van der Waals surface area contributed by atoms with Gasteiger partial charge in [0.1, 0.15) is 0 Å². The molecule has 1 aromatic rings. The highest BCUT2D eigenvalue weighted by atomic mass is 16.2. The molecule has 5 nitrogen and oxygen atoms in total. The minimum absolute atomic E-state index is 0.0268. The number of hydrogen-bond donors (Lipinski definition) is 1. The van der Waals surface area contributed by atoms with Gasteiger partial charge in [-0.1, -0.05) is 6.07 Å². The lowest BCUT2D eigenvalue weighted by molar-refractivity contribution is -0.128. The molecule has 1 saturated heterocycles. The van der Waals surface area contributed by atoms with Crippen molar-refractivity contribution in [3.8, 4) is 0 Å². The Morgan fingerprint density at radius 2 is 2.25 bits per heavy atom. The normalized spacial score (nSPS) is 22.1. The van der Waals surface area contributed by atoms with E-state index >= 15 is 0 Å². The van der Waals surface area contributed by atoms with Gasteiger partial charge in [-0.3, -0.25) is 14.6 Å². The summed E-state index contributed by atoms with van der Waals surface area (Å²) in [5.74, 6) is 0.480. The summed E-state index contributed by atoms with van der Waals surface area (Å²) in [5, 5.41) is 2.92. The van der Waals surface area contributed by atoms with Gasteiger partial charge >= 0.3 is 0 Å². The maximum absolute atomic E-state index is 11.8. The lowest BCUT2D eigenvalue weighted by Crippen LogP contribution is -2.32. The summed E-state index contributed by atoms with van der Waals surface area (Å²) in [6.07, 6.45) is 4.84. The zero-order valence-electron chi connectivity index (χ0n) is 11.4. The quantitative estimate of drug-likeness (QED) is 0.861. The first-order valence-electron chi connectivity index (χ1n) is 7.18. The Hall–Kier alpha value is -1.91. The molecule has 0 bridgehead atoms. The SMILES string of the molecule is O=C(Cc1ccccn1)NC[C@@H]1CC(=O)N(C2CC2)C1. The molecule has 1 aromatic heterocycles. The summed E-state index contributed by atoms with van der Waals surface area (Å²) in [6, 6.07) is 6.03. The van der Waals surface area contributed by atoms with E-state index < -0.39 is 0 Å². The molecule has 1 N–H and O–H groups in total. The molecular formula is C15H19N3O2. The molecular weight excluding hydrogens is 254 g/mol. The Morgan fingerprint density at radius 3 is 2.95 bits per heavy atom. The summed E-state index contributed by atoms with van der Waals surface area (Å²) in [5.41, 5.74) is 0.770. The van der Waals surface area contributed by atoms with Crippen molar-refractivity contribution in [2.24, 2.45) is 5.92 Å². The number of aromatic nitrogens is 1. The lowest BCUT2D eigenvalue weighted by atomic mass is 10.1. The van der Waals surface area contributed by atoms with Crippen LogP contribution in [-0.4, -0.2) is 40.8 Å².